The zero-order valence-corrected chi connectivity index (χ0v) is 8.64. The van der Waals surface area contributed by atoms with Gasteiger partial charge in [0, 0.05) is 18.8 Å². The Balaban J connectivity index is 0.000000336. The van der Waals surface area contributed by atoms with E-state index in [4.69, 9.17) is 0 Å². The predicted octanol–water partition coefficient (Wildman–Crippen LogP) is 3.03. The van der Waals surface area contributed by atoms with Crippen LogP contribution in [0, 0.1) is 5.92 Å². The lowest BCUT2D eigenvalue weighted by molar-refractivity contribution is 0.127. The van der Waals surface area contributed by atoms with Gasteiger partial charge in [0.15, 0.2) is 0 Å². The van der Waals surface area contributed by atoms with Crippen molar-refractivity contribution in [3.05, 3.63) is 12.3 Å². The van der Waals surface area contributed by atoms with E-state index in [-0.39, 0.29) is 0 Å². The van der Waals surface area contributed by atoms with Gasteiger partial charge in [-0.15, -0.1) is 0 Å². The summed E-state index contributed by atoms with van der Waals surface area (Å²) in [6, 6.07) is 0.831. The van der Waals surface area contributed by atoms with Crippen molar-refractivity contribution >= 4 is 0 Å². The molecule has 3 fully saturated rings. The van der Waals surface area contributed by atoms with Crippen LogP contribution in [0.1, 0.15) is 39.5 Å². The fourth-order valence-electron chi connectivity index (χ4n) is 2.32. The van der Waals surface area contributed by atoms with Crippen molar-refractivity contribution in [2.75, 3.05) is 7.05 Å². The monoisotopic (exact) mass is 167 g/mol. The summed E-state index contributed by atoms with van der Waals surface area (Å²) in [4.78, 5) is 2.39. The van der Waals surface area contributed by atoms with Gasteiger partial charge in [0.2, 0.25) is 0 Å². The molecule has 0 aromatic heterocycles. The highest BCUT2D eigenvalue weighted by molar-refractivity contribution is 5.08. The van der Waals surface area contributed by atoms with Crippen LogP contribution in [0.2, 0.25) is 0 Å². The molecule has 2 saturated heterocycles. The van der Waals surface area contributed by atoms with E-state index in [1.807, 2.05) is 13.8 Å². The van der Waals surface area contributed by atoms with Crippen molar-refractivity contribution in [2.45, 2.75) is 45.6 Å². The maximum atomic E-state index is 4.10. The van der Waals surface area contributed by atoms with E-state index in [1.54, 1.807) is 0 Å². The molecule has 3 aliphatic rings. The number of fused-ring (bicyclic) bond motifs is 3. The molecule has 2 aliphatic heterocycles. The molecule has 0 unspecified atom stereocenters. The van der Waals surface area contributed by atoms with Gasteiger partial charge in [-0.2, -0.15) is 0 Å². The number of rotatable bonds is 0. The first-order chi connectivity index (χ1) is 5.79. The molecule has 0 aromatic rings. The van der Waals surface area contributed by atoms with Gasteiger partial charge >= 0.3 is 0 Å². The second-order valence-electron chi connectivity index (χ2n) is 3.61. The van der Waals surface area contributed by atoms with Gasteiger partial charge in [-0.05, 0) is 31.6 Å². The first kappa shape index (κ1) is 9.63. The number of hydrogen-bond acceptors (Lipinski definition) is 1. The van der Waals surface area contributed by atoms with E-state index in [9.17, 15) is 0 Å². The molecule has 0 spiro atoms. The van der Waals surface area contributed by atoms with E-state index < -0.39 is 0 Å². The lowest BCUT2D eigenvalue weighted by Crippen LogP contribution is -2.43. The van der Waals surface area contributed by atoms with E-state index in [2.05, 4.69) is 18.5 Å². The zero-order valence-electron chi connectivity index (χ0n) is 8.64. The molecule has 0 N–H and O–H groups in total. The van der Waals surface area contributed by atoms with Crippen molar-refractivity contribution in [1.82, 2.24) is 4.90 Å². The van der Waals surface area contributed by atoms with Crippen LogP contribution in [-0.2, 0) is 0 Å². The highest BCUT2D eigenvalue weighted by atomic mass is 15.2. The van der Waals surface area contributed by atoms with Gasteiger partial charge in [0.25, 0.3) is 0 Å². The van der Waals surface area contributed by atoms with E-state index in [0.29, 0.717) is 0 Å². The fraction of sp³-hybridized carbons (Fsp3) is 0.818. The zero-order chi connectivity index (χ0) is 9.14. The predicted molar refractivity (Wildman–Crippen MR) is 54.0 cm³/mol. The lowest BCUT2D eigenvalue weighted by Gasteiger charge is -2.46. The molecule has 0 atom stereocenters. The largest absolute Gasteiger partial charge is 0.375 e. The summed E-state index contributed by atoms with van der Waals surface area (Å²) in [5.74, 6) is 0.829. The van der Waals surface area contributed by atoms with Crippen LogP contribution in [0.15, 0.2) is 12.3 Å². The van der Waals surface area contributed by atoms with E-state index in [1.165, 1.54) is 31.4 Å². The van der Waals surface area contributed by atoms with Crippen LogP contribution in [0.3, 0.4) is 0 Å². The highest BCUT2D eigenvalue weighted by Crippen LogP contribution is 2.39. The number of hydrogen-bond donors (Lipinski definition) is 0. The molecule has 1 aliphatic carbocycles. The minimum absolute atomic E-state index is 0.829. The fourth-order valence-corrected chi connectivity index (χ4v) is 2.32. The van der Waals surface area contributed by atoms with Gasteiger partial charge in [0.1, 0.15) is 0 Å². The van der Waals surface area contributed by atoms with E-state index >= 15 is 0 Å². The standard InChI is InChI=1S/C9H15N.C2H6/c1-7-8-3-5-9(6-4-8)10(7)2;1-2/h8-9H,1,3-6H2,2H3;1-2H3. The average Bonchev–Trinajstić information content (AvgIpc) is 2.17. The summed E-state index contributed by atoms with van der Waals surface area (Å²) >= 11 is 0. The van der Waals surface area contributed by atoms with Crippen molar-refractivity contribution in [1.29, 1.82) is 0 Å². The van der Waals surface area contributed by atoms with Crippen LogP contribution in [-0.4, -0.2) is 18.0 Å². The summed E-state index contributed by atoms with van der Waals surface area (Å²) in [5.41, 5.74) is 1.39. The van der Waals surface area contributed by atoms with Gasteiger partial charge in [0.05, 0.1) is 0 Å². The number of piperidine rings is 2. The maximum absolute atomic E-state index is 4.10. The molecule has 0 aromatic carbocycles. The molecule has 70 valence electrons. The second-order valence-corrected chi connectivity index (χ2v) is 3.61. The molecule has 12 heavy (non-hydrogen) atoms. The molecule has 2 heterocycles. The Bertz CT molecular complexity index is 150. The smallest absolute Gasteiger partial charge is 0.0284 e. The Labute approximate surface area is 76.5 Å². The SMILES string of the molecule is C=C1C2CCC(CC2)N1C.CC. The Morgan fingerprint density at radius 3 is 1.92 bits per heavy atom. The Morgan fingerprint density at radius 2 is 1.67 bits per heavy atom. The quantitative estimate of drug-likeness (QED) is 0.536. The van der Waals surface area contributed by atoms with Crippen LogP contribution in [0.4, 0.5) is 0 Å². The second kappa shape index (κ2) is 3.97. The molecule has 2 bridgehead atoms. The van der Waals surface area contributed by atoms with Crippen molar-refractivity contribution in [3.8, 4) is 0 Å². The molecule has 1 saturated carbocycles. The van der Waals surface area contributed by atoms with E-state index in [0.717, 1.165) is 12.0 Å². The Hall–Kier alpha value is -0.460. The average molecular weight is 167 g/mol. The van der Waals surface area contributed by atoms with Gasteiger partial charge in [-0.3, -0.25) is 0 Å². The summed E-state index contributed by atoms with van der Waals surface area (Å²) < 4.78 is 0. The summed E-state index contributed by atoms with van der Waals surface area (Å²) in [6.45, 7) is 8.10. The maximum Gasteiger partial charge on any atom is 0.0284 e. The Kier molecular flexibility index (Phi) is 3.19. The minimum atomic E-state index is 0.829. The van der Waals surface area contributed by atoms with Crippen LogP contribution in [0.25, 0.3) is 0 Å². The third kappa shape index (κ3) is 1.50. The first-order valence-corrected chi connectivity index (χ1v) is 5.20. The van der Waals surface area contributed by atoms with Crippen molar-refractivity contribution in [3.63, 3.8) is 0 Å². The molecule has 1 nitrogen and oxygen atoms in total. The van der Waals surface area contributed by atoms with Crippen LogP contribution in [0.5, 0.6) is 0 Å². The van der Waals surface area contributed by atoms with Crippen LogP contribution < -0.4 is 0 Å². The van der Waals surface area contributed by atoms with Gasteiger partial charge in [-0.25, -0.2) is 0 Å². The lowest BCUT2D eigenvalue weighted by atomic mass is 9.78. The number of allylic oxidation sites excluding steroid dienone is 1. The van der Waals surface area contributed by atoms with Crippen molar-refractivity contribution in [2.24, 2.45) is 5.92 Å². The molecular formula is C11H21N. The third-order valence-corrected chi connectivity index (χ3v) is 3.17. The molecular weight excluding hydrogens is 146 g/mol. The highest BCUT2D eigenvalue weighted by Gasteiger charge is 2.33. The van der Waals surface area contributed by atoms with Crippen molar-refractivity contribution < 1.29 is 0 Å². The molecule has 0 radical (unpaired) electrons. The normalized spacial score (nSPS) is 32.9. The summed E-state index contributed by atoms with van der Waals surface area (Å²) in [7, 11) is 2.19. The molecule has 0 amide bonds. The topological polar surface area (TPSA) is 3.24 Å². The number of nitrogens with zero attached hydrogens (tertiary/aromatic N) is 1. The minimum Gasteiger partial charge on any atom is -0.375 e. The van der Waals surface area contributed by atoms with Crippen LogP contribution >= 0.6 is 0 Å². The summed E-state index contributed by atoms with van der Waals surface area (Å²) in [5, 5.41) is 0. The van der Waals surface area contributed by atoms with Gasteiger partial charge < -0.3 is 4.90 Å². The summed E-state index contributed by atoms with van der Waals surface area (Å²) in [6.07, 6.45) is 5.60. The first-order valence-electron chi connectivity index (χ1n) is 5.20. The molecule has 1 heteroatoms. The Morgan fingerprint density at radius 1 is 1.17 bits per heavy atom. The molecule has 3 rings (SSSR count). The van der Waals surface area contributed by atoms with Gasteiger partial charge in [-0.1, -0.05) is 20.4 Å². The third-order valence-electron chi connectivity index (χ3n) is 3.17.